The van der Waals surface area contributed by atoms with E-state index in [1.54, 1.807) is 0 Å². The second kappa shape index (κ2) is 8.53. The van der Waals surface area contributed by atoms with Crippen LogP contribution in [0.25, 0.3) is 50.8 Å². The lowest BCUT2D eigenvalue weighted by Crippen LogP contribution is -1.93. The van der Waals surface area contributed by atoms with E-state index in [4.69, 9.17) is 0 Å². The fourth-order valence-corrected chi connectivity index (χ4v) is 4.66. The van der Waals surface area contributed by atoms with Crippen LogP contribution in [0.15, 0.2) is 121 Å². The maximum atomic E-state index is 2.35. The minimum atomic E-state index is 1.18. The molecule has 0 atom stereocenters. The second-order valence-electron chi connectivity index (χ2n) is 8.78. The molecular weight excluding hydrogens is 410 g/mol. The summed E-state index contributed by atoms with van der Waals surface area (Å²) in [5.41, 5.74) is 9.80. The van der Waals surface area contributed by atoms with E-state index >= 15 is 0 Å². The van der Waals surface area contributed by atoms with Crippen LogP contribution < -0.4 is 0 Å². The molecule has 1 aromatic heterocycles. The molecule has 0 saturated carbocycles. The van der Waals surface area contributed by atoms with Gasteiger partial charge in [0.25, 0.3) is 0 Å². The van der Waals surface area contributed by atoms with E-state index in [9.17, 15) is 0 Å². The molecule has 0 aliphatic rings. The van der Waals surface area contributed by atoms with Crippen molar-refractivity contribution in [2.24, 2.45) is 0 Å². The first-order valence-corrected chi connectivity index (χ1v) is 11.7. The third-order valence-corrected chi connectivity index (χ3v) is 6.50. The molecule has 1 heterocycles. The van der Waals surface area contributed by atoms with Crippen LogP contribution >= 0.6 is 0 Å². The molecule has 0 unspecified atom stereocenters. The Balaban J connectivity index is 1.29. The first kappa shape index (κ1) is 20.3. The van der Waals surface area contributed by atoms with Gasteiger partial charge in [0, 0.05) is 16.5 Å². The molecule has 0 aliphatic carbocycles. The highest BCUT2D eigenvalue weighted by Gasteiger charge is 2.11. The molecule has 1 heteroatoms. The van der Waals surface area contributed by atoms with Crippen molar-refractivity contribution in [1.82, 2.24) is 4.57 Å². The number of hydrogen-bond acceptors (Lipinski definition) is 0. The zero-order chi connectivity index (χ0) is 22.9. The third-order valence-electron chi connectivity index (χ3n) is 6.50. The Morgan fingerprint density at radius 3 is 1.44 bits per heavy atom. The van der Waals surface area contributed by atoms with Gasteiger partial charge in [-0.25, -0.2) is 0 Å². The molecule has 34 heavy (non-hydrogen) atoms. The summed E-state index contributed by atoms with van der Waals surface area (Å²) in [7, 11) is 0. The summed E-state index contributed by atoms with van der Waals surface area (Å²) in [4.78, 5) is 0. The summed E-state index contributed by atoms with van der Waals surface area (Å²) in [5, 5.41) is 2.58. The highest BCUT2D eigenvalue weighted by atomic mass is 15.0. The largest absolute Gasteiger partial charge is 0.309 e. The molecule has 5 aromatic carbocycles. The molecule has 6 rings (SSSR count). The predicted octanol–water partition coefficient (Wildman–Crippen LogP) is 8.93. The minimum Gasteiger partial charge on any atom is -0.309 e. The molecule has 0 spiro atoms. The van der Waals surface area contributed by atoms with Crippen molar-refractivity contribution in [1.29, 1.82) is 0 Å². The standard InChI is InChI=1S/C33H25N/c1-24-10-12-25(13-11-24)14-15-26-16-18-27(19-17-26)28-20-22-29(23-21-28)34-32-8-4-2-6-30(32)31-7-3-5-9-33(31)34/h2-23H,1H3. The summed E-state index contributed by atoms with van der Waals surface area (Å²) in [6, 6.07) is 43.5. The van der Waals surface area contributed by atoms with E-state index in [1.807, 2.05) is 0 Å². The number of aromatic nitrogens is 1. The molecule has 0 fully saturated rings. The zero-order valence-electron chi connectivity index (χ0n) is 19.1. The van der Waals surface area contributed by atoms with Crippen LogP contribution in [0.3, 0.4) is 0 Å². The number of fused-ring (bicyclic) bond motifs is 3. The normalized spacial score (nSPS) is 11.6. The molecule has 162 valence electrons. The van der Waals surface area contributed by atoms with E-state index in [-0.39, 0.29) is 0 Å². The van der Waals surface area contributed by atoms with Gasteiger partial charge in [0.2, 0.25) is 0 Å². The number of aryl methyl sites for hydroxylation is 1. The first-order valence-electron chi connectivity index (χ1n) is 11.7. The minimum absolute atomic E-state index is 1.18. The fraction of sp³-hybridized carbons (Fsp3) is 0.0303. The Morgan fingerprint density at radius 1 is 0.471 bits per heavy atom. The third kappa shape index (κ3) is 3.72. The number of hydrogen-bond donors (Lipinski definition) is 0. The maximum absolute atomic E-state index is 2.35. The van der Waals surface area contributed by atoms with Crippen molar-refractivity contribution in [2.75, 3.05) is 0 Å². The number of rotatable bonds is 4. The van der Waals surface area contributed by atoms with Gasteiger partial charge in [0.15, 0.2) is 0 Å². The summed E-state index contributed by atoms with van der Waals surface area (Å²) >= 11 is 0. The van der Waals surface area contributed by atoms with Gasteiger partial charge in [-0.15, -0.1) is 0 Å². The van der Waals surface area contributed by atoms with Gasteiger partial charge >= 0.3 is 0 Å². The molecule has 0 saturated heterocycles. The molecule has 0 bridgehead atoms. The zero-order valence-corrected chi connectivity index (χ0v) is 19.1. The van der Waals surface area contributed by atoms with Crippen LogP contribution in [0.5, 0.6) is 0 Å². The molecule has 0 radical (unpaired) electrons. The van der Waals surface area contributed by atoms with Crippen LogP contribution in [0.2, 0.25) is 0 Å². The maximum Gasteiger partial charge on any atom is 0.0541 e. The molecular formula is C33H25N. The Hall–Kier alpha value is -4.36. The smallest absolute Gasteiger partial charge is 0.0541 e. The second-order valence-corrected chi connectivity index (χ2v) is 8.78. The molecule has 0 amide bonds. The van der Waals surface area contributed by atoms with Gasteiger partial charge in [-0.2, -0.15) is 0 Å². The van der Waals surface area contributed by atoms with Crippen molar-refractivity contribution in [3.63, 3.8) is 0 Å². The Labute approximate surface area is 200 Å². The van der Waals surface area contributed by atoms with Gasteiger partial charge in [0.05, 0.1) is 11.0 Å². The SMILES string of the molecule is Cc1ccc(C=Cc2ccc(-c3ccc(-n4c5ccccc5c5ccccc54)cc3)cc2)cc1. The molecule has 1 nitrogen and oxygen atoms in total. The van der Waals surface area contributed by atoms with E-state index in [1.165, 1.54) is 55.3 Å². The van der Waals surface area contributed by atoms with Gasteiger partial charge in [-0.1, -0.05) is 115 Å². The quantitative estimate of drug-likeness (QED) is 0.244. The van der Waals surface area contributed by atoms with Crippen LogP contribution in [-0.4, -0.2) is 4.57 Å². The van der Waals surface area contributed by atoms with E-state index in [0.717, 1.165) is 0 Å². The van der Waals surface area contributed by atoms with Crippen LogP contribution in [-0.2, 0) is 0 Å². The Bertz CT molecular complexity index is 1560. The van der Waals surface area contributed by atoms with Gasteiger partial charge in [-0.3, -0.25) is 0 Å². The van der Waals surface area contributed by atoms with Crippen molar-refractivity contribution in [2.45, 2.75) is 6.92 Å². The summed E-state index contributed by atoms with van der Waals surface area (Å²) < 4.78 is 2.35. The van der Waals surface area contributed by atoms with Crippen molar-refractivity contribution >= 4 is 34.0 Å². The predicted molar refractivity (Wildman–Crippen MR) is 146 cm³/mol. The monoisotopic (exact) mass is 435 g/mol. The Kier molecular flexibility index (Phi) is 5.08. The van der Waals surface area contributed by atoms with Crippen molar-refractivity contribution in [3.05, 3.63) is 138 Å². The van der Waals surface area contributed by atoms with E-state index < -0.39 is 0 Å². The van der Waals surface area contributed by atoms with Crippen LogP contribution in [0.1, 0.15) is 16.7 Å². The van der Waals surface area contributed by atoms with Crippen molar-refractivity contribution in [3.8, 4) is 16.8 Å². The Morgan fingerprint density at radius 2 is 0.912 bits per heavy atom. The fourth-order valence-electron chi connectivity index (χ4n) is 4.66. The molecule has 0 aliphatic heterocycles. The number of benzene rings is 5. The molecule has 0 N–H and O–H groups in total. The lowest BCUT2D eigenvalue weighted by molar-refractivity contribution is 1.18. The number of nitrogens with zero attached hydrogens (tertiary/aromatic N) is 1. The average molecular weight is 436 g/mol. The first-order chi connectivity index (χ1) is 16.8. The van der Waals surface area contributed by atoms with Gasteiger partial charge in [0.1, 0.15) is 0 Å². The highest BCUT2D eigenvalue weighted by molar-refractivity contribution is 6.09. The molecule has 6 aromatic rings. The van der Waals surface area contributed by atoms with Gasteiger partial charge < -0.3 is 4.57 Å². The lowest BCUT2D eigenvalue weighted by atomic mass is 10.0. The number of para-hydroxylation sites is 2. The van der Waals surface area contributed by atoms with Gasteiger partial charge in [-0.05, 0) is 53.4 Å². The topological polar surface area (TPSA) is 4.93 Å². The average Bonchev–Trinajstić information content (AvgIpc) is 3.23. The summed E-state index contributed by atoms with van der Waals surface area (Å²) in [5.74, 6) is 0. The van der Waals surface area contributed by atoms with Crippen LogP contribution in [0, 0.1) is 6.92 Å². The van der Waals surface area contributed by atoms with E-state index in [0.29, 0.717) is 0 Å². The van der Waals surface area contributed by atoms with Crippen LogP contribution in [0.4, 0.5) is 0 Å². The highest BCUT2D eigenvalue weighted by Crippen LogP contribution is 2.32. The summed E-state index contributed by atoms with van der Waals surface area (Å²) in [6.45, 7) is 2.11. The summed E-state index contributed by atoms with van der Waals surface area (Å²) in [6.07, 6.45) is 4.33. The van der Waals surface area contributed by atoms with E-state index in [2.05, 4.69) is 145 Å². The van der Waals surface area contributed by atoms with Crippen molar-refractivity contribution < 1.29 is 0 Å². The lowest BCUT2D eigenvalue weighted by Gasteiger charge is -2.09.